The number of hydrogen-bond acceptors (Lipinski definition) is 2. The number of rotatable bonds is 5. The summed E-state index contributed by atoms with van der Waals surface area (Å²) < 4.78 is 0. The molecule has 0 aliphatic rings. The second kappa shape index (κ2) is 6.78. The molecule has 0 heterocycles. The Morgan fingerprint density at radius 2 is 1.95 bits per heavy atom. The smallest absolute Gasteiger partial charge is 0.336 e. The predicted molar refractivity (Wildman–Crippen MR) is 74.8 cm³/mol. The molecule has 0 saturated carbocycles. The van der Waals surface area contributed by atoms with E-state index in [4.69, 9.17) is 5.11 Å². The van der Waals surface area contributed by atoms with Crippen molar-refractivity contribution in [2.75, 3.05) is 11.9 Å². The zero-order valence-electron chi connectivity index (χ0n) is 11.5. The van der Waals surface area contributed by atoms with Crippen LogP contribution in [0.15, 0.2) is 12.1 Å². The molecule has 0 unspecified atom stereocenters. The molecule has 0 aliphatic heterocycles. The maximum Gasteiger partial charge on any atom is 0.336 e. The molecule has 0 fully saturated rings. The van der Waals surface area contributed by atoms with Gasteiger partial charge in [0.05, 0.1) is 5.56 Å². The summed E-state index contributed by atoms with van der Waals surface area (Å²) in [6, 6.07) is 2.93. The van der Waals surface area contributed by atoms with E-state index in [1.807, 2.05) is 13.8 Å². The van der Waals surface area contributed by atoms with Crippen LogP contribution in [0.5, 0.6) is 0 Å². The van der Waals surface area contributed by atoms with Gasteiger partial charge in [-0.1, -0.05) is 13.3 Å². The Labute approximate surface area is 113 Å². The molecule has 5 heteroatoms. The van der Waals surface area contributed by atoms with Gasteiger partial charge in [-0.2, -0.15) is 0 Å². The highest BCUT2D eigenvalue weighted by Gasteiger charge is 2.12. The summed E-state index contributed by atoms with van der Waals surface area (Å²) in [5, 5.41) is 14.5. The first-order chi connectivity index (χ1) is 8.95. The van der Waals surface area contributed by atoms with Gasteiger partial charge in [-0.15, -0.1) is 0 Å². The minimum absolute atomic E-state index is 0.212. The first-order valence-corrected chi connectivity index (χ1v) is 6.35. The second-order valence-electron chi connectivity index (χ2n) is 4.51. The third-order valence-electron chi connectivity index (χ3n) is 2.97. The largest absolute Gasteiger partial charge is 0.478 e. The Kier molecular flexibility index (Phi) is 5.36. The van der Waals surface area contributed by atoms with Crippen LogP contribution in [-0.4, -0.2) is 23.7 Å². The number of carbonyl (C=O) groups is 2. The summed E-state index contributed by atoms with van der Waals surface area (Å²) >= 11 is 0. The number of carbonyl (C=O) groups excluding carboxylic acids is 1. The number of carboxylic acids is 1. The van der Waals surface area contributed by atoms with Crippen LogP contribution >= 0.6 is 0 Å². The summed E-state index contributed by atoms with van der Waals surface area (Å²) in [6.07, 6.45) is 1.92. The highest BCUT2D eigenvalue weighted by atomic mass is 16.4. The number of aromatic carboxylic acids is 1. The number of unbranched alkanes of at least 4 members (excludes halogenated alkanes) is 1. The average molecular weight is 264 g/mol. The molecule has 0 radical (unpaired) electrons. The van der Waals surface area contributed by atoms with E-state index in [9.17, 15) is 9.59 Å². The molecule has 0 aromatic heterocycles. The molecule has 5 nitrogen and oxygen atoms in total. The lowest BCUT2D eigenvalue weighted by Gasteiger charge is -2.11. The average Bonchev–Trinajstić information content (AvgIpc) is 2.33. The van der Waals surface area contributed by atoms with Crippen molar-refractivity contribution in [1.82, 2.24) is 5.32 Å². The maximum atomic E-state index is 11.6. The maximum absolute atomic E-state index is 11.6. The monoisotopic (exact) mass is 264 g/mol. The van der Waals surface area contributed by atoms with Gasteiger partial charge < -0.3 is 15.7 Å². The van der Waals surface area contributed by atoms with Crippen LogP contribution in [0.25, 0.3) is 0 Å². The van der Waals surface area contributed by atoms with Crippen LogP contribution in [0.2, 0.25) is 0 Å². The topological polar surface area (TPSA) is 78.4 Å². The van der Waals surface area contributed by atoms with E-state index in [1.165, 1.54) is 6.07 Å². The molecule has 0 saturated heterocycles. The van der Waals surface area contributed by atoms with Crippen LogP contribution in [0.3, 0.4) is 0 Å². The van der Waals surface area contributed by atoms with Gasteiger partial charge in [-0.3, -0.25) is 0 Å². The highest BCUT2D eigenvalue weighted by molar-refractivity contribution is 5.94. The molecule has 0 bridgehead atoms. The summed E-state index contributed by atoms with van der Waals surface area (Å²) in [5.41, 5.74) is 2.26. The molecule has 1 aromatic carbocycles. The molecule has 104 valence electrons. The van der Waals surface area contributed by atoms with Crippen molar-refractivity contribution in [3.8, 4) is 0 Å². The van der Waals surface area contributed by atoms with E-state index in [0.717, 1.165) is 18.4 Å². The zero-order chi connectivity index (χ0) is 14.4. The molecule has 1 aromatic rings. The standard InChI is InChI=1S/C14H20N2O3/c1-4-5-6-15-14(19)16-11-7-9(2)10(3)12(8-11)13(17)18/h7-8H,4-6H2,1-3H3,(H,17,18)(H2,15,16,19). The number of amides is 2. The zero-order valence-corrected chi connectivity index (χ0v) is 11.5. The third-order valence-corrected chi connectivity index (χ3v) is 2.97. The van der Waals surface area contributed by atoms with Crippen molar-refractivity contribution in [2.24, 2.45) is 0 Å². The van der Waals surface area contributed by atoms with Gasteiger partial charge in [-0.25, -0.2) is 9.59 Å². The van der Waals surface area contributed by atoms with E-state index in [-0.39, 0.29) is 11.6 Å². The molecule has 0 atom stereocenters. The van der Waals surface area contributed by atoms with Crippen molar-refractivity contribution in [3.05, 3.63) is 28.8 Å². The normalized spacial score (nSPS) is 10.1. The second-order valence-corrected chi connectivity index (χ2v) is 4.51. The Bertz CT molecular complexity index is 484. The number of hydrogen-bond donors (Lipinski definition) is 3. The van der Waals surface area contributed by atoms with Crippen LogP contribution in [0.1, 0.15) is 41.3 Å². The molecule has 1 rings (SSSR count). The minimum atomic E-state index is -0.990. The van der Waals surface area contributed by atoms with Gasteiger partial charge in [0, 0.05) is 12.2 Å². The van der Waals surface area contributed by atoms with E-state index < -0.39 is 5.97 Å². The van der Waals surface area contributed by atoms with Crippen LogP contribution in [0.4, 0.5) is 10.5 Å². The summed E-state index contributed by atoms with van der Waals surface area (Å²) in [6.45, 7) is 6.23. The van der Waals surface area contributed by atoms with E-state index >= 15 is 0 Å². The lowest BCUT2D eigenvalue weighted by Crippen LogP contribution is -2.29. The number of benzene rings is 1. The first kappa shape index (κ1) is 15.0. The number of anilines is 1. The van der Waals surface area contributed by atoms with Crippen molar-refractivity contribution < 1.29 is 14.7 Å². The quantitative estimate of drug-likeness (QED) is 0.715. The number of nitrogens with one attached hydrogen (secondary N) is 2. The van der Waals surface area contributed by atoms with Gasteiger partial charge in [0.2, 0.25) is 0 Å². The van der Waals surface area contributed by atoms with Crippen molar-refractivity contribution in [1.29, 1.82) is 0 Å². The number of aryl methyl sites for hydroxylation is 1. The van der Waals surface area contributed by atoms with Crippen molar-refractivity contribution >= 4 is 17.7 Å². The molecular weight excluding hydrogens is 244 g/mol. The van der Waals surface area contributed by atoms with Crippen molar-refractivity contribution in [2.45, 2.75) is 33.6 Å². The SMILES string of the molecule is CCCCNC(=O)Nc1cc(C)c(C)c(C(=O)O)c1. The Balaban J connectivity index is 2.79. The summed E-state index contributed by atoms with van der Waals surface area (Å²) in [7, 11) is 0. The fraction of sp³-hybridized carbons (Fsp3) is 0.429. The van der Waals surface area contributed by atoms with Gasteiger partial charge in [0.25, 0.3) is 0 Å². The highest BCUT2D eigenvalue weighted by Crippen LogP contribution is 2.19. The van der Waals surface area contributed by atoms with E-state index in [1.54, 1.807) is 13.0 Å². The van der Waals surface area contributed by atoms with Gasteiger partial charge >= 0.3 is 12.0 Å². The van der Waals surface area contributed by atoms with E-state index in [0.29, 0.717) is 17.8 Å². The molecule has 3 N–H and O–H groups in total. The number of urea groups is 1. The van der Waals surface area contributed by atoms with Crippen LogP contribution in [-0.2, 0) is 0 Å². The molecule has 19 heavy (non-hydrogen) atoms. The Morgan fingerprint density at radius 1 is 1.26 bits per heavy atom. The van der Waals surface area contributed by atoms with Gasteiger partial charge in [0.1, 0.15) is 0 Å². The fourth-order valence-corrected chi connectivity index (χ4v) is 1.71. The first-order valence-electron chi connectivity index (χ1n) is 6.35. The van der Waals surface area contributed by atoms with Crippen LogP contribution < -0.4 is 10.6 Å². The van der Waals surface area contributed by atoms with Gasteiger partial charge in [0.15, 0.2) is 0 Å². The Hall–Kier alpha value is -2.04. The lowest BCUT2D eigenvalue weighted by molar-refractivity contribution is 0.0696. The predicted octanol–water partition coefficient (Wildman–Crippen LogP) is 2.92. The number of carboxylic acid groups (broad SMARTS) is 1. The summed E-state index contributed by atoms with van der Waals surface area (Å²) in [5.74, 6) is -0.990. The minimum Gasteiger partial charge on any atom is -0.478 e. The molecular formula is C14H20N2O3. The van der Waals surface area contributed by atoms with E-state index in [2.05, 4.69) is 10.6 Å². The summed E-state index contributed by atoms with van der Waals surface area (Å²) in [4.78, 5) is 22.7. The van der Waals surface area contributed by atoms with Crippen LogP contribution in [0, 0.1) is 13.8 Å². The van der Waals surface area contributed by atoms with Gasteiger partial charge in [-0.05, 0) is 43.5 Å². The molecule has 0 aliphatic carbocycles. The van der Waals surface area contributed by atoms with Crippen molar-refractivity contribution in [3.63, 3.8) is 0 Å². The molecule has 0 spiro atoms. The fourth-order valence-electron chi connectivity index (χ4n) is 1.71. The molecule has 2 amide bonds. The third kappa shape index (κ3) is 4.28. The Morgan fingerprint density at radius 3 is 2.53 bits per heavy atom. The lowest BCUT2D eigenvalue weighted by atomic mass is 10.0.